The average molecular weight is 274 g/mol. The second-order valence-electron chi connectivity index (χ2n) is 4.38. The van der Waals surface area contributed by atoms with Gasteiger partial charge in [0.15, 0.2) is 0 Å². The van der Waals surface area contributed by atoms with Crippen LogP contribution in [0.5, 0.6) is 0 Å². The Kier molecular flexibility index (Phi) is 3.30. The normalized spacial score (nSPS) is 25.7. The summed E-state index contributed by atoms with van der Waals surface area (Å²) in [5.74, 6) is 1.93. The molecule has 0 amide bonds. The second kappa shape index (κ2) is 4.33. The van der Waals surface area contributed by atoms with Gasteiger partial charge in [-0.3, -0.25) is 0 Å². The van der Waals surface area contributed by atoms with E-state index in [1.807, 2.05) is 11.3 Å². The first-order chi connectivity index (χ1) is 6.65. The Morgan fingerprint density at radius 3 is 2.79 bits per heavy atom. The van der Waals surface area contributed by atoms with Crippen molar-refractivity contribution in [3.63, 3.8) is 0 Å². The van der Waals surface area contributed by atoms with Gasteiger partial charge in [-0.15, -0.1) is 11.3 Å². The van der Waals surface area contributed by atoms with E-state index in [0.717, 1.165) is 18.4 Å². The lowest BCUT2D eigenvalue weighted by Crippen LogP contribution is -2.20. The summed E-state index contributed by atoms with van der Waals surface area (Å²) in [6.07, 6.45) is 1.43. The van der Waals surface area contributed by atoms with Crippen LogP contribution in [0, 0.1) is 11.8 Å². The molecule has 0 radical (unpaired) electrons. The van der Waals surface area contributed by atoms with Crippen molar-refractivity contribution < 1.29 is 0 Å². The highest BCUT2D eigenvalue weighted by Crippen LogP contribution is 2.38. The summed E-state index contributed by atoms with van der Waals surface area (Å²) in [7, 11) is 2.22. The molecule has 1 saturated carbocycles. The van der Waals surface area contributed by atoms with Crippen LogP contribution in [0.25, 0.3) is 0 Å². The highest BCUT2D eigenvalue weighted by atomic mass is 79.9. The first-order valence-corrected chi connectivity index (χ1v) is 6.69. The van der Waals surface area contributed by atoms with Crippen LogP contribution in [-0.4, -0.2) is 18.5 Å². The van der Waals surface area contributed by atoms with Gasteiger partial charge in [0.1, 0.15) is 0 Å². The van der Waals surface area contributed by atoms with Crippen molar-refractivity contribution in [1.29, 1.82) is 0 Å². The van der Waals surface area contributed by atoms with E-state index in [-0.39, 0.29) is 0 Å². The molecule has 2 rings (SSSR count). The van der Waals surface area contributed by atoms with Gasteiger partial charge in [0.25, 0.3) is 0 Å². The monoisotopic (exact) mass is 273 g/mol. The smallest absolute Gasteiger partial charge is 0.0701 e. The maximum absolute atomic E-state index is 3.49. The highest BCUT2D eigenvalue weighted by molar-refractivity contribution is 9.11. The van der Waals surface area contributed by atoms with E-state index in [1.54, 1.807) is 0 Å². The summed E-state index contributed by atoms with van der Waals surface area (Å²) in [5.41, 5.74) is 0. The van der Waals surface area contributed by atoms with Crippen LogP contribution in [0.4, 0.5) is 0 Å². The standard InChI is InChI=1S/C11H16BrNS/c1-8-5-9(8)6-13(2)7-10-3-4-11(12)14-10/h3-4,8-9H,5-7H2,1-2H3. The van der Waals surface area contributed by atoms with E-state index in [2.05, 4.69) is 46.9 Å². The number of halogens is 1. The first kappa shape index (κ1) is 10.7. The van der Waals surface area contributed by atoms with Gasteiger partial charge in [-0.1, -0.05) is 6.92 Å². The third-order valence-corrected chi connectivity index (χ3v) is 4.49. The van der Waals surface area contributed by atoms with Gasteiger partial charge in [-0.25, -0.2) is 0 Å². The molecule has 0 bridgehead atoms. The number of thiophene rings is 1. The summed E-state index contributed by atoms with van der Waals surface area (Å²) in [5, 5.41) is 0. The van der Waals surface area contributed by atoms with E-state index in [1.165, 1.54) is 21.6 Å². The molecular formula is C11H16BrNS. The third kappa shape index (κ3) is 2.81. The van der Waals surface area contributed by atoms with E-state index in [0.29, 0.717) is 0 Å². The molecule has 3 heteroatoms. The lowest BCUT2D eigenvalue weighted by Gasteiger charge is -2.14. The maximum Gasteiger partial charge on any atom is 0.0701 e. The zero-order chi connectivity index (χ0) is 10.1. The minimum absolute atomic E-state index is 0.961. The van der Waals surface area contributed by atoms with Crippen LogP contribution in [0.3, 0.4) is 0 Å². The Morgan fingerprint density at radius 2 is 2.29 bits per heavy atom. The number of nitrogens with zero attached hydrogens (tertiary/aromatic N) is 1. The van der Waals surface area contributed by atoms with E-state index >= 15 is 0 Å². The van der Waals surface area contributed by atoms with Gasteiger partial charge in [-0.2, -0.15) is 0 Å². The molecular weight excluding hydrogens is 258 g/mol. The third-order valence-electron chi connectivity index (χ3n) is 2.88. The van der Waals surface area contributed by atoms with E-state index < -0.39 is 0 Å². The van der Waals surface area contributed by atoms with Crippen molar-refractivity contribution >= 4 is 27.3 Å². The summed E-state index contributed by atoms with van der Waals surface area (Å²) < 4.78 is 1.24. The number of hydrogen-bond acceptors (Lipinski definition) is 2. The van der Waals surface area contributed by atoms with Gasteiger partial charge in [0, 0.05) is 18.0 Å². The van der Waals surface area contributed by atoms with Crippen LogP contribution in [0.2, 0.25) is 0 Å². The fourth-order valence-electron chi connectivity index (χ4n) is 1.82. The molecule has 14 heavy (non-hydrogen) atoms. The average Bonchev–Trinajstić information content (AvgIpc) is 2.59. The SMILES string of the molecule is CC1CC1CN(C)Cc1ccc(Br)s1. The molecule has 2 atom stereocenters. The van der Waals surface area contributed by atoms with Gasteiger partial charge in [-0.05, 0) is 53.4 Å². The molecule has 1 aromatic rings. The molecule has 1 heterocycles. The zero-order valence-electron chi connectivity index (χ0n) is 8.66. The molecule has 0 aliphatic heterocycles. The topological polar surface area (TPSA) is 3.24 Å². The Hall–Kier alpha value is 0.140. The molecule has 1 aromatic heterocycles. The maximum atomic E-state index is 3.49. The lowest BCUT2D eigenvalue weighted by atomic mass is 10.3. The highest BCUT2D eigenvalue weighted by Gasteiger charge is 2.32. The molecule has 1 nitrogen and oxygen atoms in total. The van der Waals surface area contributed by atoms with Crippen LogP contribution < -0.4 is 0 Å². The van der Waals surface area contributed by atoms with Crippen molar-refractivity contribution in [2.24, 2.45) is 11.8 Å². The molecule has 78 valence electrons. The van der Waals surface area contributed by atoms with E-state index in [4.69, 9.17) is 0 Å². The molecule has 2 unspecified atom stereocenters. The molecule has 0 spiro atoms. The van der Waals surface area contributed by atoms with Crippen LogP contribution in [-0.2, 0) is 6.54 Å². The van der Waals surface area contributed by atoms with Crippen molar-refractivity contribution in [2.45, 2.75) is 19.9 Å². The summed E-state index contributed by atoms with van der Waals surface area (Å²) in [6, 6.07) is 4.34. The summed E-state index contributed by atoms with van der Waals surface area (Å²) in [6.45, 7) is 4.70. The predicted octanol–water partition coefficient (Wildman–Crippen LogP) is 3.60. The van der Waals surface area contributed by atoms with Crippen LogP contribution in [0.1, 0.15) is 18.2 Å². The van der Waals surface area contributed by atoms with Gasteiger partial charge >= 0.3 is 0 Å². The fourth-order valence-corrected chi connectivity index (χ4v) is 3.38. The number of hydrogen-bond donors (Lipinski definition) is 0. The fraction of sp³-hybridized carbons (Fsp3) is 0.636. The molecule has 1 fully saturated rings. The molecule has 0 saturated heterocycles. The zero-order valence-corrected chi connectivity index (χ0v) is 11.1. The van der Waals surface area contributed by atoms with E-state index in [9.17, 15) is 0 Å². The van der Waals surface area contributed by atoms with Gasteiger partial charge < -0.3 is 4.90 Å². The molecule has 1 aliphatic carbocycles. The van der Waals surface area contributed by atoms with Crippen molar-refractivity contribution in [3.8, 4) is 0 Å². The van der Waals surface area contributed by atoms with Crippen LogP contribution >= 0.6 is 27.3 Å². The quantitative estimate of drug-likeness (QED) is 0.811. The van der Waals surface area contributed by atoms with Crippen molar-refractivity contribution in [1.82, 2.24) is 4.90 Å². The Bertz CT molecular complexity index is 310. The predicted molar refractivity (Wildman–Crippen MR) is 65.6 cm³/mol. The summed E-state index contributed by atoms with van der Waals surface area (Å²) >= 11 is 5.33. The Balaban J connectivity index is 1.79. The summed E-state index contributed by atoms with van der Waals surface area (Å²) in [4.78, 5) is 3.89. The first-order valence-electron chi connectivity index (χ1n) is 5.08. The van der Waals surface area contributed by atoms with Crippen LogP contribution in [0.15, 0.2) is 15.9 Å². The minimum Gasteiger partial charge on any atom is -0.301 e. The van der Waals surface area contributed by atoms with Gasteiger partial charge in [0.2, 0.25) is 0 Å². The Morgan fingerprint density at radius 1 is 1.57 bits per heavy atom. The number of rotatable bonds is 4. The van der Waals surface area contributed by atoms with Crippen molar-refractivity contribution in [2.75, 3.05) is 13.6 Å². The minimum atomic E-state index is 0.961. The molecule has 1 aliphatic rings. The largest absolute Gasteiger partial charge is 0.301 e. The Labute approximate surface area is 98.2 Å². The van der Waals surface area contributed by atoms with Crippen molar-refractivity contribution in [3.05, 3.63) is 20.8 Å². The molecule has 0 aromatic carbocycles. The second-order valence-corrected chi connectivity index (χ2v) is 6.92. The van der Waals surface area contributed by atoms with Gasteiger partial charge in [0.05, 0.1) is 3.79 Å². The lowest BCUT2D eigenvalue weighted by molar-refractivity contribution is 0.310. The molecule has 0 N–H and O–H groups in total.